The Morgan fingerprint density at radius 3 is 2.48 bits per heavy atom. The van der Waals surface area contributed by atoms with Crippen LogP contribution in [0.15, 0.2) is 34.6 Å². The lowest BCUT2D eigenvalue weighted by Crippen LogP contribution is -2.40. The van der Waals surface area contributed by atoms with Crippen molar-refractivity contribution in [1.82, 2.24) is 19.0 Å². The first-order valence-electron chi connectivity index (χ1n) is 8.86. The summed E-state index contributed by atoms with van der Waals surface area (Å²) in [6.07, 6.45) is 2.94. The zero-order valence-electron chi connectivity index (χ0n) is 15.2. The fourth-order valence-corrected chi connectivity index (χ4v) is 4.34. The van der Waals surface area contributed by atoms with E-state index in [4.69, 9.17) is 0 Å². The molecule has 7 nitrogen and oxygen atoms in total. The van der Waals surface area contributed by atoms with E-state index in [0.717, 1.165) is 11.0 Å². The number of ketones is 1. The number of amides is 1. The summed E-state index contributed by atoms with van der Waals surface area (Å²) in [5.41, 5.74) is 1.98. The maximum atomic E-state index is 12.9. The van der Waals surface area contributed by atoms with Gasteiger partial charge >= 0.3 is 5.69 Å². The average Bonchev–Trinajstić information content (AvgIpc) is 3.31. The summed E-state index contributed by atoms with van der Waals surface area (Å²) in [6.45, 7) is 1.10. The van der Waals surface area contributed by atoms with Crippen molar-refractivity contribution in [1.29, 1.82) is 0 Å². The first kappa shape index (κ1) is 17.7. The van der Waals surface area contributed by atoms with E-state index in [2.05, 4.69) is 4.98 Å². The van der Waals surface area contributed by atoms with Gasteiger partial charge in [-0.3, -0.25) is 18.7 Å². The summed E-state index contributed by atoms with van der Waals surface area (Å²) in [7, 11) is 3.42. The number of imidazole rings is 1. The van der Waals surface area contributed by atoms with Crippen LogP contribution in [0.2, 0.25) is 0 Å². The summed E-state index contributed by atoms with van der Waals surface area (Å²) in [4.78, 5) is 43.3. The summed E-state index contributed by atoms with van der Waals surface area (Å²) in [6, 6.07) is 5.34. The Hall–Kier alpha value is -2.74. The van der Waals surface area contributed by atoms with Gasteiger partial charge in [-0.2, -0.15) is 0 Å². The van der Waals surface area contributed by atoms with Crippen molar-refractivity contribution in [2.45, 2.75) is 12.8 Å². The normalized spacial score (nSPS) is 15.4. The standard InChI is InChI=1S/C19H20N4O3S/c1-21-14-4-3-13(11-15(14)22(2)19(21)26)18(25)23-8-5-12(6-9-23)16(24)17-20-7-10-27-17/h3-4,7,10-12H,5-6,8-9H2,1-2H3. The number of piperidine rings is 1. The topological polar surface area (TPSA) is 77.2 Å². The molecule has 2 aromatic heterocycles. The minimum absolute atomic E-state index is 0.0617. The highest BCUT2D eigenvalue weighted by Crippen LogP contribution is 2.24. The third kappa shape index (κ3) is 2.99. The fraction of sp³-hybridized carbons (Fsp3) is 0.368. The number of hydrogen-bond donors (Lipinski definition) is 0. The molecule has 3 aromatic rings. The molecule has 8 heteroatoms. The van der Waals surface area contributed by atoms with E-state index in [1.54, 1.807) is 51.8 Å². The predicted molar refractivity (Wildman–Crippen MR) is 103 cm³/mol. The van der Waals surface area contributed by atoms with Crippen LogP contribution in [0.4, 0.5) is 0 Å². The number of thiazole rings is 1. The van der Waals surface area contributed by atoms with Gasteiger partial charge in [0.2, 0.25) is 0 Å². The lowest BCUT2D eigenvalue weighted by atomic mass is 9.92. The molecule has 140 valence electrons. The number of nitrogens with zero attached hydrogens (tertiary/aromatic N) is 4. The molecule has 0 atom stereocenters. The van der Waals surface area contributed by atoms with E-state index in [9.17, 15) is 14.4 Å². The van der Waals surface area contributed by atoms with Gasteiger partial charge in [-0.05, 0) is 31.0 Å². The Bertz CT molecular complexity index is 1070. The van der Waals surface area contributed by atoms with Crippen molar-refractivity contribution in [3.63, 3.8) is 0 Å². The lowest BCUT2D eigenvalue weighted by molar-refractivity contribution is 0.0650. The van der Waals surface area contributed by atoms with Gasteiger partial charge in [0.25, 0.3) is 5.91 Å². The first-order chi connectivity index (χ1) is 13.0. The van der Waals surface area contributed by atoms with Crippen molar-refractivity contribution in [3.8, 4) is 0 Å². The molecular formula is C19H20N4O3S. The number of carbonyl (C=O) groups is 2. The molecule has 1 amide bonds. The zero-order valence-corrected chi connectivity index (χ0v) is 16.0. The van der Waals surface area contributed by atoms with E-state index >= 15 is 0 Å². The number of hydrogen-bond acceptors (Lipinski definition) is 5. The van der Waals surface area contributed by atoms with Crippen LogP contribution >= 0.6 is 11.3 Å². The number of Topliss-reactive ketones (excluding diaryl/α,β-unsaturated/α-hetero) is 1. The molecule has 0 N–H and O–H groups in total. The molecule has 0 bridgehead atoms. The SMILES string of the molecule is Cn1c(=O)n(C)c2cc(C(=O)N3CCC(C(=O)c4nccs4)CC3)ccc21. The smallest absolute Gasteiger partial charge is 0.328 e. The number of aromatic nitrogens is 3. The maximum absolute atomic E-state index is 12.9. The number of aryl methyl sites for hydroxylation is 2. The summed E-state index contributed by atoms with van der Waals surface area (Å²) in [5, 5.41) is 2.36. The Kier molecular flexibility index (Phi) is 4.43. The van der Waals surface area contributed by atoms with Crippen LogP contribution in [-0.2, 0) is 14.1 Å². The molecule has 1 aliphatic heterocycles. The van der Waals surface area contributed by atoms with Crippen molar-refractivity contribution in [2.75, 3.05) is 13.1 Å². The lowest BCUT2D eigenvalue weighted by Gasteiger charge is -2.31. The molecule has 3 heterocycles. The van der Waals surface area contributed by atoms with Crippen molar-refractivity contribution in [3.05, 3.63) is 50.8 Å². The van der Waals surface area contributed by atoms with Gasteiger partial charge in [-0.15, -0.1) is 11.3 Å². The largest absolute Gasteiger partial charge is 0.339 e. The summed E-state index contributed by atoms with van der Waals surface area (Å²) >= 11 is 1.36. The molecular weight excluding hydrogens is 364 g/mol. The number of benzene rings is 1. The molecule has 0 spiro atoms. The van der Waals surface area contributed by atoms with Crippen molar-refractivity contribution < 1.29 is 9.59 Å². The van der Waals surface area contributed by atoms with E-state index < -0.39 is 0 Å². The molecule has 1 aliphatic rings. The van der Waals surface area contributed by atoms with Gasteiger partial charge in [0.1, 0.15) is 0 Å². The van der Waals surface area contributed by atoms with Crippen LogP contribution in [0, 0.1) is 5.92 Å². The summed E-state index contributed by atoms with van der Waals surface area (Å²) in [5.74, 6) is -0.0521. The number of likely N-dealkylation sites (tertiary alicyclic amines) is 1. The quantitative estimate of drug-likeness (QED) is 0.648. The van der Waals surface area contributed by atoms with Gasteiger partial charge in [0, 0.05) is 50.2 Å². The van der Waals surface area contributed by atoms with Gasteiger partial charge in [-0.25, -0.2) is 9.78 Å². The third-order valence-electron chi connectivity index (χ3n) is 5.32. The highest BCUT2D eigenvalue weighted by molar-refractivity contribution is 7.11. The Morgan fingerprint density at radius 1 is 1.11 bits per heavy atom. The molecule has 0 unspecified atom stereocenters. The van der Waals surface area contributed by atoms with Crippen LogP contribution in [-0.4, -0.2) is 43.8 Å². The number of fused-ring (bicyclic) bond motifs is 1. The van der Waals surface area contributed by atoms with Crippen LogP contribution in [0.25, 0.3) is 11.0 Å². The minimum atomic E-state index is -0.115. The second-order valence-electron chi connectivity index (χ2n) is 6.87. The van der Waals surface area contributed by atoms with Crippen molar-refractivity contribution in [2.24, 2.45) is 20.0 Å². The molecule has 1 fully saturated rings. The van der Waals surface area contributed by atoms with Crippen molar-refractivity contribution >= 4 is 34.1 Å². The van der Waals surface area contributed by atoms with E-state index in [0.29, 0.717) is 36.5 Å². The Labute approximate surface area is 159 Å². The van der Waals surface area contributed by atoms with E-state index in [1.165, 1.54) is 11.3 Å². The third-order valence-corrected chi connectivity index (χ3v) is 6.10. The number of carbonyl (C=O) groups excluding carboxylic acids is 2. The minimum Gasteiger partial charge on any atom is -0.339 e. The van der Waals surface area contributed by atoms with Gasteiger partial charge in [0.05, 0.1) is 11.0 Å². The Morgan fingerprint density at radius 2 is 1.81 bits per heavy atom. The van der Waals surface area contributed by atoms with Crippen LogP contribution in [0.1, 0.15) is 33.0 Å². The fourth-order valence-electron chi connectivity index (χ4n) is 3.69. The first-order valence-corrected chi connectivity index (χ1v) is 9.74. The molecule has 0 aliphatic carbocycles. The van der Waals surface area contributed by atoms with Crippen LogP contribution in [0.3, 0.4) is 0 Å². The maximum Gasteiger partial charge on any atom is 0.328 e. The van der Waals surface area contributed by atoms with Crippen LogP contribution < -0.4 is 5.69 Å². The van der Waals surface area contributed by atoms with E-state index in [1.807, 2.05) is 6.07 Å². The second kappa shape index (κ2) is 6.77. The van der Waals surface area contributed by atoms with Gasteiger partial charge in [-0.1, -0.05) is 0 Å². The molecule has 1 saturated heterocycles. The predicted octanol–water partition coefficient (Wildman–Crippen LogP) is 2.07. The highest BCUT2D eigenvalue weighted by Gasteiger charge is 2.29. The van der Waals surface area contributed by atoms with Gasteiger partial charge < -0.3 is 4.90 Å². The van der Waals surface area contributed by atoms with E-state index in [-0.39, 0.29) is 23.3 Å². The average molecular weight is 384 g/mol. The molecule has 4 rings (SSSR count). The molecule has 27 heavy (non-hydrogen) atoms. The number of rotatable bonds is 3. The molecule has 1 aromatic carbocycles. The zero-order chi connectivity index (χ0) is 19.1. The Balaban J connectivity index is 1.50. The molecule has 0 saturated carbocycles. The van der Waals surface area contributed by atoms with Gasteiger partial charge in [0.15, 0.2) is 10.8 Å². The highest BCUT2D eigenvalue weighted by atomic mass is 32.1. The molecule has 0 radical (unpaired) electrons. The summed E-state index contributed by atoms with van der Waals surface area (Å²) < 4.78 is 3.12. The monoisotopic (exact) mass is 384 g/mol. The van der Waals surface area contributed by atoms with Crippen LogP contribution in [0.5, 0.6) is 0 Å². The second-order valence-corrected chi connectivity index (χ2v) is 7.77.